The summed E-state index contributed by atoms with van der Waals surface area (Å²) in [7, 11) is 2.17. The SMILES string of the molecule is CC1=Nc2ccccc2C1=C(C)C=C1Sc2ccc3ccccc3c2N1C. The van der Waals surface area contributed by atoms with Crippen molar-refractivity contribution in [2.75, 3.05) is 11.9 Å². The summed E-state index contributed by atoms with van der Waals surface area (Å²) in [5.41, 5.74) is 7.22. The summed E-state index contributed by atoms with van der Waals surface area (Å²) in [6.07, 6.45) is 2.30. The van der Waals surface area contributed by atoms with Gasteiger partial charge < -0.3 is 4.90 Å². The van der Waals surface area contributed by atoms with E-state index in [1.165, 1.54) is 43.1 Å². The highest BCUT2D eigenvalue weighted by atomic mass is 32.2. The van der Waals surface area contributed by atoms with Crippen molar-refractivity contribution in [3.63, 3.8) is 0 Å². The van der Waals surface area contributed by atoms with Crippen molar-refractivity contribution in [3.05, 3.63) is 82.9 Å². The minimum Gasteiger partial charge on any atom is -0.338 e. The fourth-order valence-electron chi connectivity index (χ4n) is 4.05. The van der Waals surface area contributed by atoms with Gasteiger partial charge in [0.15, 0.2) is 0 Å². The molecular formula is C24H20N2S. The lowest BCUT2D eigenvalue weighted by Gasteiger charge is -2.16. The fraction of sp³-hybridized carbons (Fsp3) is 0.125. The smallest absolute Gasteiger partial charge is 0.0801 e. The molecular weight excluding hydrogens is 348 g/mol. The first-order valence-corrected chi connectivity index (χ1v) is 9.96. The van der Waals surface area contributed by atoms with Crippen LogP contribution in [-0.4, -0.2) is 12.8 Å². The van der Waals surface area contributed by atoms with Crippen molar-refractivity contribution >= 4 is 45.2 Å². The predicted molar refractivity (Wildman–Crippen MR) is 118 cm³/mol. The topological polar surface area (TPSA) is 15.6 Å². The van der Waals surface area contributed by atoms with Gasteiger partial charge in [0, 0.05) is 34.2 Å². The normalized spacial score (nSPS) is 18.7. The summed E-state index contributed by atoms with van der Waals surface area (Å²) >= 11 is 1.84. The monoisotopic (exact) mass is 368 g/mol. The van der Waals surface area contributed by atoms with Crippen molar-refractivity contribution in [1.82, 2.24) is 0 Å². The Morgan fingerprint density at radius 2 is 1.78 bits per heavy atom. The first kappa shape index (κ1) is 16.4. The molecule has 3 aromatic carbocycles. The van der Waals surface area contributed by atoms with Gasteiger partial charge in [-0.2, -0.15) is 0 Å². The molecule has 5 rings (SSSR count). The van der Waals surface area contributed by atoms with Crippen LogP contribution in [0.25, 0.3) is 16.3 Å². The number of benzene rings is 3. The van der Waals surface area contributed by atoms with Crippen molar-refractivity contribution in [1.29, 1.82) is 0 Å². The number of fused-ring (bicyclic) bond motifs is 4. The molecule has 2 aliphatic heterocycles. The van der Waals surface area contributed by atoms with E-state index in [0.717, 1.165) is 11.4 Å². The molecule has 0 bridgehead atoms. The molecule has 0 saturated carbocycles. The van der Waals surface area contributed by atoms with Gasteiger partial charge in [-0.15, -0.1) is 0 Å². The summed E-state index contributed by atoms with van der Waals surface area (Å²) in [4.78, 5) is 8.37. The summed E-state index contributed by atoms with van der Waals surface area (Å²) in [5, 5.41) is 3.85. The Bertz CT molecular complexity index is 1180. The molecule has 2 nitrogen and oxygen atoms in total. The maximum absolute atomic E-state index is 4.74. The highest BCUT2D eigenvalue weighted by Crippen LogP contribution is 2.49. The zero-order chi connectivity index (χ0) is 18.5. The molecule has 0 spiro atoms. The number of hydrogen-bond acceptors (Lipinski definition) is 3. The zero-order valence-electron chi connectivity index (χ0n) is 15.7. The quantitative estimate of drug-likeness (QED) is 0.469. The molecule has 132 valence electrons. The number of hydrogen-bond donors (Lipinski definition) is 0. The van der Waals surface area contributed by atoms with Crippen LogP contribution in [0.2, 0.25) is 0 Å². The number of allylic oxidation sites excluding steroid dienone is 3. The molecule has 3 aromatic rings. The molecule has 2 heterocycles. The van der Waals surface area contributed by atoms with Gasteiger partial charge in [0.05, 0.1) is 16.4 Å². The van der Waals surface area contributed by atoms with E-state index in [2.05, 4.69) is 92.5 Å². The van der Waals surface area contributed by atoms with Crippen LogP contribution >= 0.6 is 11.8 Å². The number of nitrogens with zero attached hydrogens (tertiary/aromatic N) is 2. The van der Waals surface area contributed by atoms with Gasteiger partial charge in [-0.25, -0.2) is 0 Å². The van der Waals surface area contributed by atoms with Crippen LogP contribution in [0.4, 0.5) is 11.4 Å². The van der Waals surface area contributed by atoms with E-state index in [1.54, 1.807) is 0 Å². The van der Waals surface area contributed by atoms with E-state index in [9.17, 15) is 0 Å². The zero-order valence-corrected chi connectivity index (χ0v) is 16.5. The Labute approximate surface area is 163 Å². The second-order valence-corrected chi connectivity index (χ2v) is 8.11. The summed E-state index contributed by atoms with van der Waals surface area (Å²) in [6.45, 7) is 4.30. The molecule has 0 aromatic heterocycles. The highest BCUT2D eigenvalue weighted by molar-refractivity contribution is 8.03. The van der Waals surface area contributed by atoms with Crippen molar-refractivity contribution in [3.8, 4) is 0 Å². The Morgan fingerprint density at radius 1 is 1.00 bits per heavy atom. The van der Waals surface area contributed by atoms with Crippen LogP contribution in [0.3, 0.4) is 0 Å². The summed E-state index contributed by atoms with van der Waals surface area (Å²) in [6, 6.07) is 21.5. The minimum absolute atomic E-state index is 1.07. The van der Waals surface area contributed by atoms with Gasteiger partial charge >= 0.3 is 0 Å². The number of thioether (sulfide) groups is 1. The van der Waals surface area contributed by atoms with E-state index < -0.39 is 0 Å². The third kappa shape index (κ3) is 2.54. The van der Waals surface area contributed by atoms with Gasteiger partial charge in [0.2, 0.25) is 0 Å². The molecule has 27 heavy (non-hydrogen) atoms. The van der Waals surface area contributed by atoms with Crippen molar-refractivity contribution < 1.29 is 0 Å². The summed E-state index contributed by atoms with van der Waals surface area (Å²) in [5.74, 6) is 0. The van der Waals surface area contributed by atoms with Crippen LogP contribution in [0.15, 0.2) is 87.2 Å². The van der Waals surface area contributed by atoms with Crippen molar-refractivity contribution in [2.24, 2.45) is 4.99 Å². The number of rotatable bonds is 1. The number of para-hydroxylation sites is 1. The third-order valence-corrected chi connectivity index (χ3v) is 6.45. The summed E-state index contributed by atoms with van der Waals surface area (Å²) < 4.78 is 0. The van der Waals surface area contributed by atoms with E-state index in [0.29, 0.717) is 0 Å². The molecule has 3 heteroatoms. The van der Waals surface area contributed by atoms with Gasteiger partial charge in [0.25, 0.3) is 0 Å². The highest BCUT2D eigenvalue weighted by Gasteiger charge is 2.25. The first-order chi connectivity index (χ1) is 13.1. The lowest BCUT2D eigenvalue weighted by Crippen LogP contribution is -2.10. The number of aliphatic imine (C=N–C) groups is 1. The molecule has 0 atom stereocenters. The molecule has 0 amide bonds. The van der Waals surface area contributed by atoms with Crippen LogP contribution < -0.4 is 4.90 Å². The molecule has 0 fully saturated rings. The Morgan fingerprint density at radius 3 is 2.67 bits per heavy atom. The van der Waals surface area contributed by atoms with Crippen molar-refractivity contribution in [2.45, 2.75) is 18.7 Å². The van der Waals surface area contributed by atoms with Gasteiger partial charge in [-0.1, -0.05) is 60.3 Å². The van der Waals surface area contributed by atoms with Crippen LogP contribution in [0, 0.1) is 0 Å². The van der Waals surface area contributed by atoms with E-state index in [4.69, 9.17) is 4.99 Å². The van der Waals surface area contributed by atoms with Gasteiger partial charge in [0.1, 0.15) is 0 Å². The molecule has 0 saturated heterocycles. The Balaban J connectivity index is 1.61. The average molecular weight is 369 g/mol. The molecule has 0 aliphatic carbocycles. The van der Waals surface area contributed by atoms with Crippen LogP contribution in [0.1, 0.15) is 19.4 Å². The molecule has 0 radical (unpaired) electrons. The minimum atomic E-state index is 1.07. The second kappa shape index (κ2) is 6.14. The lowest BCUT2D eigenvalue weighted by molar-refractivity contribution is 1.18. The van der Waals surface area contributed by atoms with E-state index >= 15 is 0 Å². The standard InChI is InChI=1S/C24H20N2S/c1-15(23-16(2)25-20-11-7-6-10-19(20)23)14-22-26(3)24-18-9-5-4-8-17(18)12-13-21(24)27-22/h4-14H,1-3H3. The van der Waals surface area contributed by atoms with Gasteiger partial charge in [-0.05, 0) is 43.0 Å². The first-order valence-electron chi connectivity index (χ1n) is 9.14. The predicted octanol–water partition coefficient (Wildman–Crippen LogP) is 6.80. The molecule has 2 aliphatic rings. The number of anilines is 1. The third-order valence-electron chi connectivity index (χ3n) is 5.30. The second-order valence-electron chi connectivity index (χ2n) is 7.05. The lowest BCUT2D eigenvalue weighted by atomic mass is 9.98. The fourth-order valence-corrected chi connectivity index (χ4v) is 5.22. The van der Waals surface area contributed by atoms with E-state index in [1.807, 2.05) is 11.8 Å². The molecule has 0 unspecified atom stereocenters. The Kier molecular flexibility index (Phi) is 3.73. The average Bonchev–Trinajstić information content (AvgIpc) is 3.18. The molecule has 0 N–H and O–H groups in total. The largest absolute Gasteiger partial charge is 0.338 e. The Hall–Kier alpha value is -2.78. The van der Waals surface area contributed by atoms with Crippen LogP contribution in [0.5, 0.6) is 0 Å². The van der Waals surface area contributed by atoms with Crippen LogP contribution in [-0.2, 0) is 0 Å². The maximum atomic E-state index is 4.74. The van der Waals surface area contributed by atoms with Gasteiger partial charge in [-0.3, -0.25) is 4.99 Å². The van der Waals surface area contributed by atoms with E-state index in [-0.39, 0.29) is 0 Å². The maximum Gasteiger partial charge on any atom is 0.0801 e.